The van der Waals surface area contributed by atoms with E-state index in [9.17, 15) is 13.2 Å². The minimum absolute atomic E-state index is 0.157. The molecule has 0 aliphatic carbocycles. The number of nitrogens with zero attached hydrogens (tertiary/aromatic N) is 1. The molecule has 0 spiro atoms. The number of ether oxygens (including phenoxy) is 1. The zero-order valence-corrected chi connectivity index (χ0v) is 19.4. The standard InChI is InChI=1S/C22H25N3O4S2/c1-14(2)25-31(27,28)19-8-9-21(15(3)10-19)29-12-22(26)24-18-7-5-6-17(11-18)20-13-30-16(4)23-20/h5-11,13-14,25H,12H2,1-4H3,(H,24,26). The van der Waals surface area contributed by atoms with Gasteiger partial charge >= 0.3 is 0 Å². The van der Waals surface area contributed by atoms with Crippen LogP contribution in [-0.4, -0.2) is 32.0 Å². The van der Waals surface area contributed by atoms with Crippen molar-refractivity contribution >= 4 is 33.0 Å². The Kier molecular flexibility index (Phi) is 7.09. The van der Waals surface area contributed by atoms with Crippen molar-refractivity contribution in [1.29, 1.82) is 0 Å². The molecule has 7 nitrogen and oxygen atoms in total. The Hall–Kier alpha value is -2.75. The number of carbonyl (C=O) groups excluding carboxylic acids is 1. The number of hydrogen-bond donors (Lipinski definition) is 2. The van der Waals surface area contributed by atoms with Gasteiger partial charge in [0.25, 0.3) is 5.91 Å². The molecule has 3 aromatic rings. The highest BCUT2D eigenvalue weighted by atomic mass is 32.2. The third kappa shape index (κ3) is 6.13. The molecule has 1 heterocycles. The molecular formula is C22H25N3O4S2. The Bertz CT molecular complexity index is 1190. The van der Waals surface area contributed by atoms with E-state index in [0.717, 1.165) is 16.3 Å². The molecule has 1 amide bonds. The van der Waals surface area contributed by atoms with E-state index in [1.807, 2.05) is 30.5 Å². The number of hydrogen-bond acceptors (Lipinski definition) is 6. The predicted molar refractivity (Wildman–Crippen MR) is 123 cm³/mol. The Balaban J connectivity index is 1.62. The maximum Gasteiger partial charge on any atom is 0.262 e. The second-order valence-corrected chi connectivity index (χ2v) is 10.1. The van der Waals surface area contributed by atoms with E-state index >= 15 is 0 Å². The van der Waals surface area contributed by atoms with Crippen molar-refractivity contribution in [1.82, 2.24) is 9.71 Å². The van der Waals surface area contributed by atoms with Gasteiger partial charge in [0.05, 0.1) is 15.6 Å². The summed E-state index contributed by atoms with van der Waals surface area (Å²) in [5, 5.41) is 5.77. The fourth-order valence-corrected chi connectivity index (χ4v) is 4.88. The zero-order chi connectivity index (χ0) is 22.6. The molecule has 0 fully saturated rings. The van der Waals surface area contributed by atoms with Gasteiger partial charge in [0, 0.05) is 22.7 Å². The lowest BCUT2D eigenvalue weighted by atomic mass is 10.1. The summed E-state index contributed by atoms with van der Waals surface area (Å²) >= 11 is 1.57. The van der Waals surface area contributed by atoms with Crippen molar-refractivity contribution in [2.24, 2.45) is 0 Å². The third-order valence-electron chi connectivity index (χ3n) is 4.27. The van der Waals surface area contributed by atoms with Crippen LogP contribution in [0.1, 0.15) is 24.4 Å². The molecule has 3 rings (SSSR count). The quantitative estimate of drug-likeness (QED) is 0.528. The molecule has 0 saturated heterocycles. The van der Waals surface area contributed by atoms with Crippen LogP contribution >= 0.6 is 11.3 Å². The number of nitrogens with one attached hydrogen (secondary N) is 2. The summed E-state index contributed by atoms with van der Waals surface area (Å²) in [6.45, 7) is 7.00. The topological polar surface area (TPSA) is 97.4 Å². The summed E-state index contributed by atoms with van der Waals surface area (Å²) < 4.78 is 32.7. The number of thiazole rings is 1. The van der Waals surface area contributed by atoms with E-state index in [1.165, 1.54) is 12.1 Å². The van der Waals surface area contributed by atoms with Crippen LogP contribution in [0.2, 0.25) is 0 Å². The van der Waals surface area contributed by atoms with E-state index in [1.54, 1.807) is 44.2 Å². The molecule has 0 aliphatic rings. The van der Waals surface area contributed by atoms with E-state index in [-0.39, 0.29) is 23.5 Å². The van der Waals surface area contributed by atoms with E-state index < -0.39 is 10.0 Å². The van der Waals surface area contributed by atoms with E-state index in [4.69, 9.17) is 4.74 Å². The van der Waals surface area contributed by atoms with Gasteiger partial charge in [-0.2, -0.15) is 0 Å². The molecule has 0 unspecified atom stereocenters. The molecule has 31 heavy (non-hydrogen) atoms. The largest absolute Gasteiger partial charge is 0.483 e. The van der Waals surface area contributed by atoms with Gasteiger partial charge in [0.15, 0.2) is 6.61 Å². The molecule has 0 aliphatic heterocycles. The molecule has 164 valence electrons. The zero-order valence-electron chi connectivity index (χ0n) is 17.8. The van der Waals surface area contributed by atoms with Gasteiger partial charge in [-0.05, 0) is 63.6 Å². The smallest absolute Gasteiger partial charge is 0.262 e. The Morgan fingerprint density at radius 2 is 1.94 bits per heavy atom. The van der Waals surface area contributed by atoms with Crippen molar-refractivity contribution in [2.45, 2.75) is 38.6 Å². The number of aromatic nitrogens is 1. The second-order valence-electron chi connectivity index (χ2n) is 7.37. The minimum Gasteiger partial charge on any atom is -0.483 e. The predicted octanol–water partition coefficient (Wildman–Crippen LogP) is 4.13. The second kappa shape index (κ2) is 9.59. The van der Waals surface area contributed by atoms with Gasteiger partial charge in [-0.3, -0.25) is 4.79 Å². The number of benzene rings is 2. The van der Waals surface area contributed by atoms with E-state index in [0.29, 0.717) is 17.0 Å². The van der Waals surface area contributed by atoms with Crippen LogP contribution in [0, 0.1) is 13.8 Å². The summed E-state index contributed by atoms with van der Waals surface area (Å²) in [6.07, 6.45) is 0. The van der Waals surface area contributed by atoms with Crippen molar-refractivity contribution in [3.63, 3.8) is 0 Å². The normalized spacial score (nSPS) is 11.5. The van der Waals surface area contributed by atoms with Crippen LogP contribution in [0.25, 0.3) is 11.3 Å². The van der Waals surface area contributed by atoms with Crippen molar-refractivity contribution in [2.75, 3.05) is 11.9 Å². The highest BCUT2D eigenvalue weighted by Crippen LogP contribution is 2.25. The molecule has 0 bridgehead atoms. The van der Waals surface area contributed by atoms with Crippen LogP contribution in [0.4, 0.5) is 5.69 Å². The molecule has 0 atom stereocenters. The number of amides is 1. The summed E-state index contributed by atoms with van der Waals surface area (Å²) in [6, 6.07) is 11.8. The maximum atomic E-state index is 12.3. The van der Waals surface area contributed by atoms with Gasteiger partial charge < -0.3 is 10.1 Å². The van der Waals surface area contributed by atoms with Gasteiger partial charge in [0.1, 0.15) is 5.75 Å². The molecule has 9 heteroatoms. The lowest BCUT2D eigenvalue weighted by molar-refractivity contribution is -0.118. The first kappa shape index (κ1) is 22.9. The lowest BCUT2D eigenvalue weighted by Gasteiger charge is -2.13. The first-order chi connectivity index (χ1) is 14.6. The Labute approximate surface area is 186 Å². The van der Waals surface area contributed by atoms with Crippen LogP contribution < -0.4 is 14.8 Å². The van der Waals surface area contributed by atoms with Crippen LogP contribution in [0.3, 0.4) is 0 Å². The average Bonchev–Trinajstić information content (AvgIpc) is 3.12. The number of rotatable bonds is 8. The Morgan fingerprint density at radius 1 is 1.16 bits per heavy atom. The molecule has 0 radical (unpaired) electrons. The van der Waals surface area contributed by atoms with Crippen molar-refractivity contribution in [3.05, 3.63) is 58.4 Å². The Morgan fingerprint density at radius 3 is 2.58 bits per heavy atom. The summed E-state index contributed by atoms with van der Waals surface area (Å²) in [5.74, 6) is 0.134. The summed E-state index contributed by atoms with van der Waals surface area (Å²) in [7, 11) is -3.59. The fraction of sp³-hybridized carbons (Fsp3) is 0.273. The average molecular weight is 460 g/mol. The minimum atomic E-state index is -3.59. The summed E-state index contributed by atoms with van der Waals surface area (Å²) in [4.78, 5) is 17.0. The monoisotopic (exact) mass is 459 g/mol. The highest BCUT2D eigenvalue weighted by Gasteiger charge is 2.17. The SMILES string of the molecule is Cc1nc(-c2cccc(NC(=O)COc3ccc(S(=O)(=O)NC(C)C)cc3C)c2)cs1. The van der Waals surface area contributed by atoms with Gasteiger partial charge in [-0.1, -0.05) is 12.1 Å². The van der Waals surface area contributed by atoms with Crippen LogP contribution in [0.5, 0.6) is 5.75 Å². The summed E-state index contributed by atoms with van der Waals surface area (Å²) in [5.41, 5.74) is 3.06. The molecule has 2 aromatic carbocycles. The molecular weight excluding hydrogens is 434 g/mol. The first-order valence-electron chi connectivity index (χ1n) is 9.72. The van der Waals surface area contributed by atoms with E-state index in [2.05, 4.69) is 15.0 Å². The first-order valence-corrected chi connectivity index (χ1v) is 12.1. The third-order valence-corrected chi connectivity index (χ3v) is 6.70. The van der Waals surface area contributed by atoms with Crippen LogP contribution in [-0.2, 0) is 14.8 Å². The number of carbonyl (C=O) groups is 1. The van der Waals surface area contributed by atoms with Gasteiger partial charge in [0.2, 0.25) is 10.0 Å². The van der Waals surface area contributed by atoms with Crippen molar-refractivity contribution in [3.8, 4) is 17.0 Å². The fourth-order valence-electron chi connectivity index (χ4n) is 2.92. The maximum absolute atomic E-state index is 12.3. The number of aryl methyl sites for hydroxylation is 2. The lowest BCUT2D eigenvalue weighted by Crippen LogP contribution is -2.30. The number of sulfonamides is 1. The molecule has 2 N–H and O–H groups in total. The van der Waals surface area contributed by atoms with Gasteiger partial charge in [-0.15, -0.1) is 11.3 Å². The van der Waals surface area contributed by atoms with Gasteiger partial charge in [-0.25, -0.2) is 18.1 Å². The number of anilines is 1. The van der Waals surface area contributed by atoms with Crippen molar-refractivity contribution < 1.29 is 17.9 Å². The van der Waals surface area contributed by atoms with Crippen LogP contribution in [0.15, 0.2) is 52.7 Å². The molecule has 1 aromatic heterocycles. The molecule has 0 saturated carbocycles. The highest BCUT2D eigenvalue weighted by molar-refractivity contribution is 7.89.